The van der Waals surface area contributed by atoms with Crippen molar-refractivity contribution in [1.29, 1.82) is 0 Å². The van der Waals surface area contributed by atoms with Gasteiger partial charge < -0.3 is 19.7 Å². The van der Waals surface area contributed by atoms with Crippen molar-refractivity contribution < 1.29 is 24.5 Å². The molecule has 3 atom stereocenters. The van der Waals surface area contributed by atoms with E-state index in [9.17, 15) is 9.90 Å². The average molecular weight is 494 g/mol. The second kappa shape index (κ2) is 13.6. The van der Waals surface area contributed by atoms with E-state index in [1.54, 1.807) is 12.1 Å². The first-order valence-corrected chi connectivity index (χ1v) is 13.3. The standard InChI is InChI=1S/C30H39NO5/c32-26-15-13-25(14-16-26)24-11-9-23(10-12-24)22-36-28-18-17-27(31-19-5-1-2-6-20-31)30(28)35-21-7-3-4-8-29(33)34/h3,7,9-16,27-28,30,32H,1-2,4-6,8,17-22H2,(H,33,34)/b7-3-/t27-,28+,30+/m0/s1. The minimum Gasteiger partial charge on any atom is -0.508 e. The zero-order chi connectivity index (χ0) is 25.2. The van der Waals surface area contributed by atoms with Crippen LogP contribution >= 0.6 is 0 Å². The van der Waals surface area contributed by atoms with Gasteiger partial charge in [0.2, 0.25) is 0 Å². The van der Waals surface area contributed by atoms with Crippen LogP contribution in [0, 0.1) is 0 Å². The Morgan fingerprint density at radius 3 is 2.22 bits per heavy atom. The minimum absolute atomic E-state index is 0.0171. The van der Waals surface area contributed by atoms with Crippen LogP contribution in [-0.4, -0.2) is 59.0 Å². The first kappa shape index (κ1) is 26.4. The number of carboxylic acids is 1. The van der Waals surface area contributed by atoms with Gasteiger partial charge in [-0.1, -0.05) is 61.4 Å². The number of phenols is 1. The van der Waals surface area contributed by atoms with Gasteiger partial charge in [0, 0.05) is 12.5 Å². The Bertz CT molecular complexity index is 964. The van der Waals surface area contributed by atoms with Gasteiger partial charge in [0.1, 0.15) is 5.75 Å². The number of carbonyl (C=O) groups is 1. The molecule has 1 saturated carbocycles. The zero-order valence-electron chi connectivity index (χ0n) is 21.1. The molecule has 2 fully saturated rings. The molecule has 0 aromatic heterocycles. The monoisotopic (exact) mass is 493 g/mol. The summed E-state index contributed by atoms with van der Waals surface area (Å²) in [5.41, 5.74) is 3.31. The Hall–Kier alpha value is -2.67. The van der Waals surface area contributed by atoms with Crippen LogP contribution in [-0.2, 0) is 20.9 Å². The molecule has 1 heterocycles. The number of hydrogen-bond acceptors (Lipinski definition) is 5. The van der Waals surface area contributed by atoms with Crippen molar-refractivity contribution in [3.05, 3.63) is 66.2 Å². The molecule has 0 spiro atoms. The lowest BCUT2D eigenvalue weighted by molar-refractivity contribution is -0.136. The number of benzene rings is 2. The van der Waals surface area contributed by atoms with Gasteiger partial charge in [-0.15, -0.1) is 0 Å². The van der Waals surface area contributed by atoms with Crippen LogP contribution in [0.2, 0.25) is 0 Å². The molecular weight excluding hydrogens is 454 g/mol. The molecule has 0 amide bonds. The summed E-state index contributed by atoms with van der Waals surface area (Å²) in [4.78, 5) is 13.3. The number of ether oxygens (including phenoxy) is 2. The first-order valence-electron chi connectivity index (χ1n) is 13.3. The molecule has 1 saturated heterocycles. The van der Waals surface area contributed by atoms with Crippen LogP contribution in [0.25, 0.3) is 11.1 Å². The molecule has 0 radical (unpaired) electrons. The molecule has 4 rings (SSSR count). The maximum atomic E-state index is 10.7. The number of rotatable bonds is 11. The van der Waals surface area contributed by atoms with Crippen molar-refractivity contribution >= 4 is 5.97 Å². The number of aromatic hydroxyl groups is 1. The van der Waals surface area contributed by atoms with Crippen molar-refractivity contribution in [1.82, 2.24) is 4.90 Å². The van der Waals surface area contributed by atoms with E-state index in [0.29, 0.717) is 25.7 Å². The van der Waals surface area contributed by atoms with E-state index in [-0.39, 0.29) is 24.4 Å². The second-order valence-corrected chi connectivity index (χ2v) is 9.89. The van der Waals surface area contributed by atoms with Crippen molar-refractivity contribution in [3.63, 3.8) is 0 Å². The predicted molar refractivity (Wildman–Crippen MR) is 141 cm³/mol. The average Bonchev–Trinajstić information content (AvgIpc) is 3.08. The number of allylic oxidation sites excluding steroid dienone is 1. The predicted octanol–water partition coefficient (Wildman–Crippen LogP) is 5.79. The largest absolute Gasteiger partial charge is 0.508 e. The number of nitrogens with zero attached hydrogens (tertiary/aromatic N) is 1. The van der Waals surface area contributed by atoms with Crippen LogP contribution in [0.4, 0.5) is 0 Å². The summed E-state index contributed by atoms with van der Waals surface area (Å²) in [5, 5.41) is 18.3. The minimum atomic E-state index is -0.776. The maximum Gasteiger partial charge on any atom is 0.303 e. The lowest BCUT2D eigenvalue weighted by atomic mass is 10.0. The van der Waals surface area contributed by atoms with Gasteiger partial charge in [0.15, 0.2) is 0 Å². The SMILES string of the molecule is O=C(O)CC/C=C\CO[C@H]1[C@H](OCc2ccc(-c3ccc(O)cc3)cc2)CC[C@@H]1N1CCCCCC1. The molecule has 0 bridgehead atoms. The molecule has 1 aliphatic heterocycles. The van der Waals surface area contributed by atoms with Gasteiger partial charge in [-0.2, -0.15) is 0 Å². The number of phenolic OH excluding ortho intramolecular Hbond substituents is 1. The Labute approximate surface area is 214 Å². The van der Waals surface area contributed by atoms with Gasteiger partial charge in [0.05, 0.1) is 25.4 Å². The Kier molecular flexibility index (Phi) is 9.96. The first-order chi connectivity index (χ1) is 17.6. The van der Waals surface area contributed by atoms with E-state index in [0.717, 1.165) is 42.6 Å². The second-order valence-electron chi connectivity index (χ2n) is 9.89. The number of carboxylic acid groups (broad SMARTS) is 1. The van der Waals surface area contributed by atoms with E-state index in [2.05, 4.69) is 29.2 Å². The molecule has 6 heteroatoms. The third-order valence-electron chi connectivity index (χ3n) is 7.30. The third kappa shape index (κ3) is 7.66. The molecule has 0 unspecified atom stereocenters. The topological polar surface area (TPSA) is 79.2 Å². The highest BCUT2D eigenvalue weighted by Gasteiger charge is 2.40. The fourth-order valence-electron chi connectivity index (χ4n) is 5.33. The fraction of sp³-hybridized carbons (Fsp3) is 0.500. The highest BCUT2D eigenvalue weighted by molar-refractivity contribution is 5.66. The summed E-state index contributed by atoms with van der Waals surface area (Å²) < 4.78 is 12.8. The van der Waals surface area contributed by atoms with Crippen molar-refractivity contribution in [3.8, 4) is 16.9 Å². The smallest absolute Gasteiger partial charge is 0.303 e. The molecule has 2 aromatic carbocycles. The summed E-state index contributed by atoms with van der Waals surface area (Å²) in [6.45, 7) is 3.28. The van der Waals surface area contributed by atoms with Crippen LogP contribution < -0.4 is 0 Å². The quantitative estimate of drug-likeness (QED) is 0.386. The lowest BCUT2D eigenvalue weighted by Crippen LogP contribution is -2.45. The van der Waals surface area contributed by atoms with Crippen LogP contribution in [0.3, 0.4) is 0 Å². The number of likely N-dealkylation sites (tertiary alicyclic amines) is 1. The molecular formula is C30H39NO5. The van der Waals surface area contributed by atoms with E-state index < -0.39 is 5.97 Å². The lowest BCUT2D eigenvalue weighted by Gasteiger charge is -2.33. The summed E-state index contributed by atoms with van der Waals surface area (Å²) in [6, 6.07) is 16.0. The van der Waals surface area contributed by atoms with E-state index in [1.165, 1.54) is 25.7 Å². The molecule has 194 valence electrons. The van der Waals surface area contributed by atoms with Gasteiger partial charge >= 0.3 is 5.97 Å². The molecule has 36 heavy (non-hydrogen) atoms. The van der Waals surface area contributed by atoms with Crippen LogP contribution in [0.5, 0.6) is 5.75 Å². The maximum absolute atomic E-state index is 10.7. The zero-order valence-corrected chi connectivity index (χ0v) is 21.1. The van der Waals surface area contributed by atoms with Crippen LogP contribution in [0.1, 0.15) is 56.9 Å². The van der Waals surface area contributed by atoms with Gasteiger partial charge in [-0.05, 0) is 74.0 Å². The normalized spacial score (nSPS) is 23.2. The van der Waals surface area contributed by atoms with Crippen molar-refractivity contribution in [2.45, 2.75) is 76.2 Å². The molecule has 1 aliphatic carbocycles. The Morgan fingerprint density at radius 1 is 0.889 bits per heavy atom. The van der Waals surface area contributed by atoms with Gasteiger partial charge in [0.25, 0.3) is 0 Å². The Morgan fingerprint density at radius 2 is 1.56 bits per heavy atom. The number of hydrogen-bond donors (Lipinski definition) is 2. The highest BCUT2D eigenvalue weighted by atomic mass is 16.5. The fourth-order valence-corrected chi connectivity index (χ4v) is 5.33. The molecule has 2 aromatic rings. The molecule has 6 nitrogen and oxygen atoms in total. The van der Waals surface area contributed by atoms with Gasteiger partial charge in [-0.3, -0.25) is 9.69 Å². The highest BCUT2D eigenvalue weighted by Crippen LogP contribution is 2.32. The van der Waals surface area contributed by atoms with Gasteiger partial charge in [-0.25, -0.2) is 0 Å². The van der Waals surface area contributed by atoms with E-state index in [1.807, 2.05) is 24.3 Å². The van der Waals surface area contributed by atoms with Crippen molar-refractivity contribution in [2.75, 3.05) is 19.7 Å². The van der Waals surface area contributed by atoms with Crippen LogP contribution in [0.15, 0.2) is 60.7 Å². The molecule has 2 N–H and O–H groups in total. The summed E-state index contributed by atoms with van der Waals surface area (Å²) >= 11 is 0. The van der Waals surface area contributed by atoms with E-state index in [4.69, 9.17) is 14.6 Å². The third-order valence-corrected chi connectivity index (χ3v) is 7.30. The van der Waals surface area contributed by atoms with Crippen molar-refractivity contribution in [2.24, 2.45) is 0 Å². The van der Waals surface area contributed by atoms with E-state index >= 15 is 0 Å². The summed E-state index contributed by atoms with van der Waals surface area (Å²) in [7, 11) is 0. The summed E-state index contributed by atoms with van der Waals surface area (Å²) in [5.74, 6) is -0.506. The molecule has 2 aliphatic rings. The number of aliphatic carboxylic acids is 1. The Balaban J connectivity index is 1.35. The summed E-state index contributed by atoms with van der Waals surface area (Å²) in [6.07, 6.45) is 11.8.